The lowest BCUT2D eigenvalue weighted by Gasteiger charge is -2.44. The van der Waals surface area contributed by atoms with E-state index < -0.39 is 11.1 Å². The van der Waals surface area contributed by atoms with Gasteiger partial charge >= 0.3 is 0 Å². The minimum atomic E-state index is -1.31. The molecule has 0 aliphatic heterocycles. The van der Waals surface area contributed by atoms with Crippen molar-refractivity contribution < 1.29 is 4.39 Å². The summed E-state index contributed by atoms with van der Waals surface area (Å²) in [6.07, 6.45) is 4.12. The number of nitrogens with zero attached hydrogens (tertiary/aromatic N) is 2. The van der Waals surface area contributed by atoms with Crippen molar-refractivity contribution in [2.75, 3.05) is 5.73 Å². The van der Waals surface area contributed by atoms with Crippen LogP contribution in [0.2, 0.25) is 0 Å². The molecule has 0 amide bonds. The molecule has 1 aromatic rings. The molecule has 2 N–H and O–H groups in total. The van der Waals surface area contributed by atoms with E-state index in [0.717, 1.165) is 19.3 Å². The van der Waals surface area contributed by atoms with Gasteiger partial charge in [0, 0.05) is 0 Å². The van der Waals surface area contributed by atoms with Gasteiger partial charge in [-0.3, -0.25) is 0 Å². The summed E-state index contributed by atoms with van der Waals surface area (Å²) in [6, 6.07) is 0. The van der Waals surface area contributed by atoms with Gasteiger partial charge in [-0.2, -0.15) is 0 Å². The summed E-state index contributed by atoms with van der Waals surface area (Å²) in [5.41, 5.74) is 4.26. The van der Waals surface area contributed by atoms with Gasteiger partial charge in [-0.15, -0.1) is 0 Å². The van der Waals surface area contributed by atoms with E-state index in [1.54, 1.807) is 13.8 Å². The number of aromatic nitrogens is 2. The summed E-state index contributed by atoms with van der Waals surface area (Å²) < 4.78 is 14.7. The van der Waals surface area contributed by atoms with Crippen molar-refractivity contribution in [3.63, 3.8) is 0 Å². The standard InChI is InChI=1S/C13H15BrFN3/c1-12(2,15)13(5-3-6-13)7-4-9-11(16)18-10(14)8-17-9/h8H,3,5-6H2,1-2H3,(H2,16,18). The first-order valence-electron chi connectivity index (χ1n) is 5.84. The lowest BCUT2D eigenvalue weighted by molar-refractivity contribution is 0.00746. The Morgan fingerprint density at radius 3 is 2.61 bits per heavy atom. The summed E-state index contributed by atoms with van der Waals surface area (Å²) in [5, 5.41) is 0. The van der Waals surface area contributed by atoms with E-state index in [4.69, 9.17) is 5.73 Å². The zero-order chi connectivity index (χ0) is 13.4. The number of alkyl halides is 1. The van der Waals surface area contributed by atoms with Gasteiger partial charge in [0.15, 0.2) is 11.5 Å². The first-order valence-corrected chi connectivity index (χ1v) is 6.63. The Labute approximate surface area is 115 Å². The third kappa shape index (κ3) is 2.35. The molecule has 0 radical (unpaired) electrons. The lowest BCUT2D eigenvalue weighted by Crippen LogP contribution is -2.44. The summed E-state index contributed by atoms with van der Waals surface area (Å²) in [4.78, 5) is 8.11. The second kappa shape index (κ2) is 4.51. The van der Waals surface area contributed by atoms with Crippen molar-refractivity contribution in [2.45, 2.75) is 38.8 Å². The highest BCUT2D eigenvalue weighted by Crippen LogP contribution is 2.50. The fraction of sp³-hybridized carbons (Fsp3) is 0.538. The molecule has 18 heavy (non-hydrogen) atoms. The maximum atomic E-state index is 14.2. The number of anilines is 1. The zero-order valence-electron chi connectivity index (χ0n) is 10.4. The Morgan fingerprint density at radius 1 is 1.50 bits per heavy atom. The van der Waals surface area contributed by atoms with E-state index in [9.17, 15) is 4.39 Å². The van der Waals surface area contributed by atoms with Gasteiger partial charge < -0.3 is 5.73 Å². The van der Waals surface area contributed by atoms with Crippen molar-refractivity contribution in [2.24, 2.45) is 5.41 Å². The predicted octanol–water partition coefficient (Wildman–Crippen LogP) is 3.09. The number of hydrogen-bond donors (Lipinski definition) is 1. The molecule has 0 bridgehead atoms. The predicted molar refractivity (Wildman–Crippen MR) is 72.5 cm³/mol. The van der Waals surface area contributed by atoms with E-state index >= 15 is 0 Å². The van der Waals surface area contributed by atoms with Crippen LogP contribution in [0, 0.1) is 17.3 Å². The zero-order valence-corrected chi connectivity index (χ0v) is 12.0. The van der Waals surface area contributed by atoms with Crippen LogP contribution in [0.4, 0.5) is 10.2 Å². The second-order valence-electron chi connectivity index (χ2n) is 5.08. The van der Waals surface area contributed by atoms with Gasteiger partial charge in [0.05, 0.1) is 11.6 Å². The number of hydrogen-bond acceptors (Lipinski definition) is 3. The first-order chi connectivity index (χ1) is 8.34. The van der Waals surface area contributed by atoms with Crippen LogP contribution in [0.15, 0.2) is 10.8 Å². The third-order valence-electron chi connectivity index (χ3n) is 3.54. The quantitative estimate of drug-likeness (QED) is 0.811. The minimum absolute atomic E-state index is 0.267. The molecule has 5 heteroatoms. The maximum absolute atomic E-state index is 14.2. The molecule has 0 unspecified atom stereocenters. The summed E-state index contributed by atoms with van der Waals surface area (Å²) in [6.45, 7) is 3.16. The smallest absolute Gasteiger partial charge is 0.159 e. The highest BCUT2D eigenvalue weighted by atomic mass is 79.9. The van der Waals surface area contributed by atoms with E-state index in [1.807, 2.05) is 0 Å². The van der Waals surface area contributed by atoms with Gasteiger partial charge in [0.25, 0.3) is 0 Å². The molecule has 0 spiro atoms. The van der Waals surface area contributed by atoms with Crippen molar-refractivity contribution in [1.82, 2.24) is 9.97 Å². The van der Waals surface area contributed by atoms with Crippen molar-refractivity contribution in [1.29, 1.82) is 0 Å². The second-order valence-corrected chi connectivity index (χ2v) is 5.90. The van der Waals surface area contributed by atoms with Gasteiger partial charge in [0.2, 0.25) is 0 Å². The monoisotopic (exact) mass is 311 g/mol. The molecule has 0 saturated heterocycles. The average Bonchev–Trinajstić information content (AvgIpc) is 2.16. The van der Waals surface area contributed by atoms with Gasteiger partial charge in [0.1, 0.15) is 10.3 Å². The van der Waals surface area contributed by atoms with E-state index in [-0.39, 0.29) is 5.82 Å². The highest BCUT2D eigenvalue weighted by Gasteiger charge is 2.49. The summed E-state index contributed by atoms with van der Waals surface area (Å²) in [5.74, 6) is 6.17. The fourth-order valence-corrected chi connectivity index (χ4v) is 2.35. The molecular weight excluding hydrogens is 297 g/mol. The summed E-state index contributed by atoms with van der Waals surface area (Å²) >= 11 is 3.18. The first kappa shape index (κ1) is 13.3. The molecule has 1 aliphatic rings. The molecule has 0 aromatic carbocycles. The van der Waals surface area contributed by atoms with Crippen molar-refractivity contribution in [3.8, 4) is 11.8 Å². The third-order valence-corrected chi connectivity index (χ3v) is 3.92. The van der Waals surface area contributed by atoms with Crippen LogP contribution in [0.25, 0.3) is 0 Å². The Bertz CT molecular complexity index is 521. The Hall–Kier alpha value is -1.15. The SMILES string of the molecule is CC(C)(F)C1(C#Cc2ncc(Br)nc2N)CCC1. The molecule has 96 valence electrons. The maximum Gasteiger partial charge on any atom is 0.159 e. The van der Waals surface area contributed by atoms with E-state index in [1.165, 1.54) is 6.20 Å². The number of nitrogens with two attached hydrogens (primary N) is 1. The average molecular weight is 312 g/mol. The molecule has 1 aliphatic carbocycles. The highest BCUT2D eigenvalue weighted by molar-refractivity contribution is 9.10. The molecule has 0 atom stereocenters. The van der Waals surface area contributed by atoms with Crippen LogP contribution in [0.1, 0.15) is 38.8 Å². The molecular formula is C13H15BrFN3. The van der Waals surface area contributed by atoms with Gasteiger partial charge in [-0.25, -0.2) is 14.4 Å². The van der Waals surface area contributed by atoms with Crippen LogP contribution in [0.3, 0.4) is 0 Å². The van der Waals surface area contributed by atoms with Crippen LogP contribution in [-0.2, 0) is 0 Å². The normalized spacial score (nSPS) is 17.6. The van der Waals surface area contributed by atoms with Crippen LogP contribution in [0.5, 0.6) is 0 Å². The van der Waals surface area contributed by atoms with E-state index in [0.29, 0.717) is 10.3 Å². The van der Waals surface area contributed by atoms with Crippen molar-refractivity contribution >= 4 is 21.7 Å². The van der Waals surface area contributed by atoms with Gasteiger partial charge in [-0.05, 0) is 48.5 Å². The van der Waals surface area contributed by atoms with Gasteiger partial charge in [-0.1, -0.05) is 12.3 Å². The topological polar surface area (TPSA) is 51.8 Å². The van der Waals surface area contributed by atoms with Crippen molar-refractivity contribution in [3.05, 3.63) is 16.5 Å². The Balaban J connectivity index is 2.31. The number of halogens is 2. The molecule has 1 saturated carbocycles. The van der Waals surface area contributed by atoms with Crippen LogP contribution < -0.4 is 5.73 Å². The molecule has 1 fully saturated rings. The number of nitrogen functional groups attached to an aromatic ring is 1. The molecule has 2 rings (SSSR count). The molecule has 3 nitrogen and oxygen atoms in total. The Kier molecular flexibility index (Phi) is 3.33. The summed E-state index contributed by atoms with van der Waals surface area (Å²) in [7, 11) is 0. The Morgan fingerprint density at radius 2 is 2.17 bits per heavy atom. The largest absolute Gasteiger partial charge is 0.381 e. The minimum Gasteiger partial charge on any atom is -0.381 e. The van der Waals surface area contributed by atoms with Crippen LogP contribution >= 0.6 is 15.9 Å². The lowest BCUT2D eigenvalue weighted by atomic mass is 9.61. The molecule has 1 heterocycles. The van der Waals surface area contributed by atoms with Crippen LogP contribution in [-0.4, -0.2) is 15.6 Å². The number of rotatable bonds is 1. The molecule has 1 aromatic heterocycles. The fourth-order valence-electron chi connectivity index (χ4n) is 2.05. The van der Waals surface area contributed by atoms with E-state index in [2.05, 4.69) is 37.7 Å².